The van der Waals surface area contributed by atoms with E-state index in [2.05, 4.69) is 10.6 Å². The lowest BCUT2D eigenvalue weighted by Crippen LogP contribution is -2.39. The maximum absolute atomic E-state index is 11.9. The van der Waals surface area contributed by atoms with Gasteiger partial charge < -0.3 is 10.4 Å². The van der Waals surface area contributed by atoms with E-state index in [-0.39, 0.29) is 23.2 Å². The monoisotopic (exact) mass is 279 g/mol. The molecule has 0 atom stereocenters. The summed E-state index contributed by atoms with van der Waals surface area (Å²) in [6.07, 6.45) is 5.14. The summed E-state index contributed by atoms with van der Waals surface area (Å²) in [4.78, 5) is 22.1. The number of phenolic OH excluding ortho intramolecular Hbond substituents is 1. The molecule has 0 bridgehead atoms. The van der Waals surface area contributed by atoms with Crippen LogP contribution in [-0.2, 0) is 0 Å². The minimum Gasteiger partial charge on any atom is -0.505 e. The minimum atomic E-state index is -0.643. The Balaban J connectivity index is 2.05. The zero-order valence-electron chi connectivity index (χ0n) is 11.0. The first-order valence-electron chi connectivity index (χ1n) is 6.62. The molecule has 1 saturated carbocycles. The van der Waals surface area contributed by atoms with Crippen molar-refractivity contribution < 1.29 is 14.8 Å². The van der Waals surface area contributed by atoms with E-state index in [1.54, 1.807) is 0 Å². The fraction of sp³-hybridized carbons (Fsp3) is 0.462. The van der Waals surface area contributed by atoms with Crippen LogP contribution in [0.25, 0.3) is 0 Å². The number of hydrogen-bond donors (Lipinski definition) is 3. The molecular weight excluding hydrogens is 262 g/mol. The highest BCUT2D eigenvalue weighted by Gasteiger charge is 2.21. The first-order valence-corrected chi connectivity index (χ1v) is 6.62. The standard InChI is InChI=1S/C13H17N3O4/c17-11-8-4-7-10(16(19)20)12(11)15-13(18)14-9-5-2-1-3-6-9/h4,7-9,17H,1-3,5-6H2,(H2,14,15,18). The molecular formula is C13H17N3O4. The van der Waals surface area contributed by atoms with Crippen LogP contribution in [0.5, 0.6) is 5.75 Å². The van der Waals surface area contributed by atoms with Crippen molar-refractivity contribution in [1.29, 1.82) is 0 Å². The smallest absolute Gasteiger partial charge is 0.319 e. The Kier molecular flexibility index (Phi) is 4.39. The molecule has 0 aliphatic heterocycles. The molecule has 7 nitrogen and oxygen atoms in total. The molecule has 0 unspecified atom stereocenters. The van der Waals surface area contributed by atoms with E-state index in [1.807, 2.05) is 0 Å². The molecule has 1 aromatic carbocycles. The minimum absolute atomic E-state index is 0.0914. The van der Waals surface area contributed by atoms with E-state index in [1.165, 1.54) is 24.6 Å². The number of phenols is 1. The number of hydrogen-bond acceptors (Lipinski definition) is 4. The molecule has 3 N–H and O–H groups in total. The number of anilines is 1. The third kappa shape index (κ3) is 3.37. The second-order valence-corrected chi connectivity index (χ2v) is 4.86. The third-order valence-corrected chi connectivity index (χ3v) is 3.40. The number of benzene rings is 1. The van der Waals surface area contributed by atoms with Gasteiger partial charge in [-0.2, -0.15) is 0 Å². The molecule has 2 rings (SSSR count). The number of nitro groups is 1. The second kappa shape index (κ2) is 6.23. The van der Waals surface area contributed by atoms with E-state index < -0.39 is 11.0 Å². The molecule has 1 aliphatic rings. The molecule has 0 aromatic heterocycles. The first kappa shape index (κ1) is 14.1. The van der Waals surface area contributed by atoms with E-state index in [4.69, 9.17) is 0 Å². The SMILES string of the molecule is O=C(Nc1c(O)cccc1[N+](=O)[O-])NC1CCCCC1. The van der Waals surface area contributed by atoms with Gasteiger partial charge in [0.1, 0.15) is 5.75 Å². The molecule has 2 amide bonds. The van der Waals surface area contributed by atoms with Gasteiger partial charge in [-0.1, -0.05) is 25.3 Å². The van der Waals surface area contributed by atoms with Gasteiger partial charge in [0.15, 0.2) is 5.69 Å². The molecule has 0 radical (unpaired) electrons. The van der Waals surface area contributed by atoms with Crippen LogP contribution in [0.3, 0.4) is 0 Å². The number of para-hydroxylation sites is 1. The van der Waals surface area contributed by atoms with Crippen molar-refractivity contribution in [3.05, 3.63) is 28.3 Å². The van der Waals surface area contributed by atoms with Gasteiger partial charge in [0, 0.05) is 12.1 Å². The highest BCUT2D eigenvalue weighted by Crippen LogP contribution is 2.33. The summed E-state index contributed by atoms with van der Waals surface area (Å²) in [6.45, 7) is 0. The third-order valence-electron chi connectivity index (χ3n) is 3.40. The van der Waals surface area contributed by atoms with Gasteiger partial charge >= 0.3 is 6.03 Å². The fourth-order valence-corrected chi connectivity index (χ4v) is 2.39. The van der Waals surface area contributed by atoms with Crippen molar-refractivity contribution in [2.24, 2.45) is 0 Å². The fourth-order valence-electron chi connectivity index (χ4n) is 2.39. The van der Waals surface area contributed by atoms with E-state index in [0.717, 1.165) is 25.7 Å². The maximum Gasteiger partial charge on any atom is 0.319 e. The Labute approximate surface area is 116 Å². The van der Waals surface area contributed by atoms with Crippen LogP contribution in [0.15, 0.2) is 18.2 Å². The average molecular weight is 279 g/mol. The van der Waals surface area contributed by atoms with E-state index in [9.17, 15) is 20.0 Å². The summed E-state index contributed by atoms with van der Waals surface area (Å²) < 4.78 is 0. The van der Waals surface area contributed by atoms with Crippen LogP contribution in [-0.4, -0.2) is 22.1 Å². The Bertz CT molecular complexity index is 512. The highest BCUT2D eigenvalue weighted by molar-refractivity contribution is 5.94. The molecule has 20 heavy (non-hydrogen) atoms. The van der Waals surface area contributed by atoms with Gasteiger partial charge in [0.2, 0.25) is 0 Å². The van der Waals surface area contributed by atoms with Crippen molar-refractivity contribution in [3.8, 4) is 5.75 Å². The summed E-state index contributed by atoms with van der Waals surface area (Å²) >= 11 is 0. The number of urea groups is 1. The van der Waals surface area contributed by atoms with Gasteiger partial charge in [-0.3, -0.25) is 15.4 Å². The Morgan fingerprint density at radius 3 is 2.65 bits per heavy atom. The van der Waals surface area contributed by atoms with Crippen LogP contribution in [0.4, 0.5) is 16.2 Å². The van der Waals surface area contributed by atoms with Crippen LogP contribution < -0.4 is 10.6 Å². The van der Waals surface area contributed by atoms with Crippen molar-refractivity contribution >= 4 is 17.4 Å². The van der Waals surface area contributed by atoms with E-state index in [0.29, 0.717) is 0 Å². The van der Waals surface area contributed by atoms with Crippen LogP contribution in [0, 0.1) is 10.1 Å². The van der Waals surface area contributed by atoms with Gasteiger partial charge in [0.25, 0.3) is 5.69 Å². The van der Waals surface area contributed by atoms with Crippen molar-refractivity contribution in [2.45, 2.75) is 38.1 Å². The van der Waals surface area contributed by atoms with Crippen molar-refractivity contribution in [2.75, 3.05) is 5.32 Å². The number of carbonyl (C=O) groups excluding carboxylic acids is 1. The lowest BCUT2D eigenvalue weighted by molar-refractivity contribution is -0.384. The number of amides is 2. The van der Waals surface area contributed by atoms with Crippen molar-refractivity contribution in [1.82, 2.24) is 5.32 Å². The molecule has 0 spiro atoms. The summed E-state index contributed by atoms with van der Waals surface area (Å²) in [7, 11) is 0. The summed E-state index contributed by atoms with van der Waals surface area (Å²) in [6, 6.07) is 3.45. The predicted octanol–water partition coefficient (Wildman–Crippen LogP) is 2.75. The molecule has 7 heteroatoms. The molecule has 0 heterocycles. The lowest BCUT2D eigenvalue weighted by Gasteiger charge is -2.22. The molecule has 0 saturated heterocycles. The zero-order chi connectivity index (χ0) is 14.5. The zero-order valence-corrected chi connectivity index (χ0v) is 11.0. The predicted molar refractivity (Wildman–Crippen MR) is 73.8 cm³/mol. The average Bonchev–Trinajstić information content (AvgIpc) is 2.42. The first-order chi connectivity index (χ1) is 9.58. The highest BCUT2D eigenvalue weighted by atomic mass is 16.6. The second-order valence-electron chi connectivity index (χ2n) is 4.86. The van der Waals surface area contributed by atoms with E-state index >= 15 is 0 Å². The van der Waals surface area contributed by atoms with Gasteiger partial charge in [-0.25, -0.2) is 4.79 Å². The number of carbonyl (C=O) groups is 1. The molecule has 1 fully saturated rings. The number of nitrogens with zero attached hydrogens (tertiary/aromatic N) is 1. The quantitative estimate of drug-likeness (QED) is 0.449. The summed E-state index contributed by atoms with van der Waals surface area (Å²) in [5.41, 5.74) is -0.505. The van der Waals surface area contributed by atoms with Gasteiger partial charge in [-0.05, 0) is 18.9 Å². The number of rotatable bonds is 3. The topological polar surface area (TPSA) is 104 Å². The Morgan fingerprint density at radius 1 is 1.30 bits per heavy atom. The van der Waals surface area contributed by atoms with Crippen molar-refractivity contribution in [3.63, 3.8) is 0 Å². The van der Waals surface area contributed by atoms with Gasteiger partial charge in [0.05, 0.1) is 4.92 Å². The Morgan fingerprint density at radius 2 is 2.00 bits per heavy atom. The summed E-state index contributed by atoms with van der Waals surface area (Å²) in [5.74, 6) is -0.321. The summed E-state index contributed by atoms with van der Waals surface area (Å²) in [5, 5.41) is 25.7. The largest absolute Gasteiger partial charge is 0.505 e. The van der Waals surface area contributed by atoms with Crippen LogP contribution >= 0.6 is 0 Å². The molecule has 1 aliphatic carbocycles. The van der Waals surface area contributed by atoms with Gasteiger partial charge in [-0.15, -0.1) is 0 Å². The lowest BCUT2D eigenvalue weighted by atomic mass is 9.96. The van der Waals surface area contributed by atoms with Crippen LogP contribution in [0.2, 0.25) is 0 Å². The maximum atomic E-state index is 11.9. The normalized spacial score (nSPS) is 15.6. The molecule has 108 valence electrons. The molecule has 1 aromatic rings. The number of aromatic hydroxyl groups is 1. The number of nitro benzene ring substituents is 1. The number of nitrogens with one attached hydrogen (secondary N) is 2. The van der Waals surface area contributed by atoms with Crippen LogP contribution in [0.1, 0.15) is 32.1 Å². The Hall–Kier alpha value is -2.31.